The maximum absolute atomic E-state index is 14.3. The SMILES string of the molecule is C=C(C)OC(=O)NCCCNCC1=CC[C@@H](NC(=O)OC(C)(C)C)[C@@H](C2[C@@H](NC(=O)OC(C)(C)C)C[C@@H](NC(=O)C3(O)CN(C(=O)OC(C)(C)C)C3)[C@H](O[C@H]3OC[C@](C)(O)[C@H](N(C)C(=O)OC(C)(C)C)[C@H]3O)[C@H]2O)O1. The number of carbonyl (C=O) groups is 6. The molecule has 0 radical (unpaired) electrons. The van der Waals surface area contributed by atoms with Gasteiger partial charge in [0.25, 0.3) is 5.91 Å². The summed E-state index contributed by atoms with van der Waals surface area (Å²) in [6.45, 7) is 25.7. The lowest BCUT2D eigenvalue weighted by molar-refractivity contribution is -0.306. The van der Waals surface area contributed by atoms with Crippen molar-refractivity contribution in [3.8, 4) is 0 Å². The largest absolute Gasteiger partial charge is 0.491 e. The van der Waals surface area contributed by atoms with E-state index < -0.39 is 150 Å². The fourth-order valence-corrected chi connectivity index (χ4v) is 8.99. The van der Waals surface area contributed by atoms with Gasteiger partial charge in [-0.3, -0.25) is 4.79 Å². The molecule has 0 spiro atoms. The van der Waals surface area contributed by atoms with E-state index in [0.29, 0.717) is 18.7 Å². The number of carbonyl (C=O) groups excluding carboxylic acids is 6. The summed E-state index contributed by atoms with van der Waals surface area (Å²) in [7, 11) is 1.32. The van der Waals surface area contributed by atoms with Gasteiger partial charge >= 0.3 is 30.5 Å². The van der Waals surface area contributed by atoms with Gasteiger partial charge in [0.1, 0.15) is 52.1 Å². The van der Waals surface area contributed by atoms with Crippen LogP contribution in [-0.2, 0) is 42.7 Å². The number of amides is 6. The van der Waals surface area contributed by atoms with Crippen molar-refractivity contribution in [2.24, 2.45) is 5.92 Å². The first-order valence-corrected chi connectivity index (χ1v) is 25.3. The van der Waals surface area contributed by atoms with Crippen molar-refractivity contribution < 1.29 is 87.1 Å². The van der Waals surface area contributed by atoms with E-state index in [0.717, 1.165) is 9.80 Å². The molecule has 9 N–H and O–H groups in total. The number of likely N-dealkylation sites (tertiary alicyclic amines) is 1. The van der Waals surface area contributed by atoms with E-state index in [4.69, 9.17) is 37.9 Å². The smallest absolute Gasteiger partial charge is 0.412 e. The van der Waals surface area contributed by atoms with E-state index in [2.05, 4.69) is 33.2 Å². The van der Waals surface area contributed by atoms with Gasteiger partial charge < -0.3 is 94.7 Å². The van der Waals surface area contributed by atoms with Crippen molar-refractivity contribution in [1.29, 1.82) is 0 Å². The molecule has 25 heteroatoms. The second kappa shape index (κ2) is 24.4. The Labute approximate surface area is 440 Å². The predicted octanol–water partition coefficient (Wildman–Crippen LogP) is 2.62. The molecule has 428 valence electrons. The number of nitrogens with zero attached hydrogens (tertiary/aromatic N) is 2. The fourth-order valence-electron chi connectivity index (χ4n) is 8.99. The molecule has 3 heterocycles. The number of hydrogen-bond acceptors (Lipinski definition) is 19. The summed E-state index contributed by atoms with van der Waals surface area (Å²) < 4.78 is 46.4. The number of allylic oxidation sites excluding steroid dienone is 1. The van der Waals surface area contributed by atoms with Gasteiger partial charge in [0, 0.05) is 25.6 Å². The van der Waals surface area contributed by atoms with Gasteiger partial charge in [-0.25, -0.2) is 24.0 Å². The van der Waals surface area contributed by atoms with Crippen LogP contribution in [0.3, 0.4) is 0 Å². The van der Waals surface area contributed by atoms with Crippen LogP contribution in [0.1, 0.15) is 116 Å². The molecule has 1 saturated carbocycles. The average Bonchev–Trinajstić information content (AvgIpc) is 3.20. The Hall–Kier alpha value is -5.18. The van der Waals surface area contributed by atoms with E-state index >= 15 is 0 Å². The van der Waals surface area contributed by atoms with E-state index in [-0.39, 0.29) is 31.7 Å². The highest BCUT2D eigenvalue weighted by atomic mass is 16.7. The standard InChI is InChI=1S/C50H85N7O18/c1-27(2)69-40(61)52-21-17-20-51-23-28-18-19-29(54-41(62)72-45(3,4)5)35(70-28)32-30(55-42(63)73-46(6,7)8)22-31(53-39(60)50(67)24-57(25-50)44(65)75-48(12,13)14)36(33(32)58)71-38-34(59)37(49(15,66)26-68-38)56(16)43(64)74-47(9,10)11/h18,29-38,51,58-59,66-67H,1,17,19-26H2,2-16H3,(H,52,61)(H,53,60)(H,54,62)(H,55,63)/t29-,30+,31-,32?,33+,34-,35+,36+,37-,38-,49+/m1/s1. The van der Waals surface area contributed by atoms with Crippen LogP contribution in [0, 0.1) is 5.92 Å². The summed E-state index contributed by atoms with van der Waals surface area (Å²) in [6.07, 6.45) is -10.3. The number of aliphatic hydroxyl groups is 4. The molecule has 0 aromatic heterocycles. The van der Waals surface area contributed by atoms with Crippen molar-refractivity contribution in [2.45, 2.75) is 205 Å². The Bertz CT molecular complexity index is 2070. The number of aliphatic hydroxyl groups excluding tert-OH is 2. The highest BCUT2D eigenvalue weighted by Crippen LogP contribution is 2.39. The van der Waals surface area contributed by atoms with Gasteiger partial charge in [-0.05, 0) is 129 Å². The number of ether oxygens (including phenoxy) is 8. The molecule has 1 unspecified atom stereocenters. The van der Waals surface area contributed by atoms with E-state index in [9.17, 15) is 49.2 Å². The number of β-amino-alcohol motifs (C(OH)–C–C–N with tert-alkyl or cyclic N) is 1. The highest BCUT2D eigenvalue weighted by Gasteiger charge is 2.58. The zero-order chi connectivity index (χ0) is 56.8. The Morgan fingerprint density at radius 1 is 0.787 bits per heavy atom. The van der Waals surface area contributed by atoms with Crippen LogP contribution in [0.25, 0.3) is 0 Å². The third-order valence-corrected chi connectivity index (χ3v) is 12.0. The van der Waals surface area contributed by atoms with Crippen molar-refractivity contribution in [2.75, 3.05) is 46.4 Å². The summed E-state index contributed by atoms with van der Waals surface area (Å²) in [5.74, 6) is -1.66. The predicted molar refractivity (Wildman–Crippen MR) is 269 cm³/mol. The quantitative estimate of drug-likeness (QED) is 0.0647. The van der Waals surface area contributed by atoms with E-state index in [1.54, 1.807) is 96.1 Å². The second-order valence-electron chi connectivity index (χ2n) is 24.0. The molecule has 6 amide bonds. The van der Waals surface area contributed by atoms with Crippen LogP contribution in [-0.4, -0.2) is 201 Å². The van der Waals surface area contributed by atoms with Crippen molar-refractivity contribution >= 4 is 36.4 Å². The maximum atomic E-state index is 14.3. The van der Waals surface area contributed by atoms with Crippen molar-refractivity contribution in [1.82, 2.24) is 36.4 Å². The topological polar surface area (TPSA) is 324 Å². The zero-order valence-corrected chi connectivity index (χ0v) is 46.3. The molecular formula is C50H85N7O18. The molecule has 0 aromatic carbocycles. The van der Waals surface area contributed by atoms with Gasteiger partial charge in [-0.1, -0.05) is 6.58 Å². The van der Waals surface area contributed by atoms with E-state index in [1.807, 2.05) is 0 Å². The van der Waals surface area contributed by atoms with Crippen LogP contribution in [0.15, 0.2) is 24.2 Å². The number of alkyl carbamates (subject to hydrolysis) is 3. The monoisotopic (exact) mass is 1070 g/mol. The van der Waals surface area contributed by atoms with Gasteiger partial charge in [0.2, 0.25) is 0 Å². The average molecular weight is 1070 g/mol. The molecule has 75 heavy (non-hydrogen) atoms. The molecule has 4 rings (SSSR count). The van der Waals surface area contributed by atoms with Gasteiger partial charge in [0.15, 0.2) is 11.9 Å². The molecule has 25 nitrogen and oxygen atoms in total. The first kappa shape index (κ1) is 62.4. The van der Waals surface area contributed by atoms with Crippen LogP contribution in [0.4, 0.5) is 24.0 Å². The van der Waals surface area contributed by atoms with Crippen LogP contribution < -0.4 is 26.6 Å². The third-order valence-electron chi connectivity index (χ3n) is 12.0. The Morgan fingerprint density at radius 3 is 1.89 bits per heavy atom. The summed E-state index contributed by atoms with van der Waals surface area (Å²) in [5, 5.41) is 62.5. The highest BCUT2D eigenvalue weighted by molar-refractivity contribution is 5.89. The number of rotatable bonds is 15. The zero-order valence-electron chi connectivity index (χ0n) is 46.3. The van der Waals surface area contributed by atoms with Crippen molar-refractivity contribution in [3.63, 3.8) is 0 Å². The Balaban J connectivity index is 1.78. The van der Waals surface area contributed by atoms with E-state index in [1.165, 1.54) is 14.0 Å². The summed E-state index contributed by atoms with van der Waals surface area (Å²) in [4.78, 5) is 82.0. The molecule has 1 aliphatic carbocycles. The van der Waals surface area contributed by atoms with Crippen LogP contribution in [0.5, 0.6) is 0 Å². The minimum absolute atomic E-state index is 0.114. The molecule has 3 fully saturated rings. The lowest BCUT2D eigenvalue weighted by Crippen LogP contribution is -2.74. The summed E-state index contributed by atoms with van der Waals surface area (Å²) in [5.41, 5.74) is -7.83. The molecule has 3 aliphatic heterocycles. The minimum atomic E-state index is -2.16. The first-order valence-electron chi connectivity index (χ1n) is 25.3. The molecule has 0 aromatic rings. The maximum Gasteiger partial charge on any atom is 0.412 e. The number of hydrogen-bond donors (Lipinski definition) is 9. The molecule has 0 bridgehead atoms. The number of likely N-dealkylation sites (N-methyl/N-ethyl adjacent to an activating group) is 1. The molecule has 2 saturated heterocycles. The van der Waals surface area contributed by atoms with Crippen molar-refractivity contribution in [3.05, 3.63) is 24.2 Å². The fraction of sp³-hybridized carbons (Fsp3) is 0.800. The number of nitrogens with one attached hydrogen (secondary N) is 5. The normalized spacial score (nSPS) is 28.9. The lowest BCUT2D eigenvalue weighted by atomic mass is 9.72. The van der Waals surface area contributed by atoms with Gasteiger partial charge in [0.05, 0.1) is 56.2 Å². The lowest BCUT2D eigenvalue weighted by Gasteiger charge is -2.52. The summed E-state index contributed by atoms with van der Waals surface area (Å²) in [6, 6.07) is -4.95. The van der Waals surface area contributed by atoms with Crippen LogP contribution in [0.2, 0.25) is 0 Å². The van der Waals surface area contributed by atoms with Crippen LogP contribution >= 0.6 is 0 Å². The van der Waals surface area contributed by atoms with Gasteiger partial charge in [-0.15, -0.1) is 0 Å². The Morgan fingerprint density at radius 2 is 1.35 bits per heavy atom. The van der Waals surface area contributed by atoms with Gasteiger partial charge in [-0.2, -0.15) is 0 Å². The first-order chi connectivity index (χ1) is 34.3. The summed E-state index contributed by atoms with van der Waals surface area (Å²) >= 11 is 0. The minimum Gasteiger partial charge on any atom is -0.491 e. The molecular weight excluding hydrogens is 987 g/mol. The molecule has 11 atom stereocenters. The molecule has 4 aliphatic rings. The third kappa shape index (κ3) is 18.5. The second-order valence-corrected chi connectivity index (χ2v) is 24.0. The Kier molecular flexibility index (Phi) is 20.3.